The predicted octanol–water partition coefficient (Wildman–Crippen LogP) is 5.51. The maximum absolute atomic E-state index is 12.8. The molecule has 1 heterocycles. The van der Waals surface area contributed by atoms with E-state index in [9.17, 15) is 4.79 Å². The Morgan fingerprint density at radius 2 is 1.79 bits per heavy atom. The first-order valence-electron chi connectivity index (χ1n) is 9.84. The van der Waals surface area contributed by atoms with E-state index in [1.807, 2.05) is 62.9 Å². The molecule has 1 saturated heterocycles. The minimum atomic E-state index is -0.345. The standard InChI is InChI=1S/C23H28Cl2N2O2/c1-16-5-10-20(19(25)13-16)27-12-11-26(22(28)15-29-23(2,3)4)14-21(27)17-6-8-18(24)9-7-17/h5-10,13,21H,11-12,14-15H2,1-4H3/t21-/m0/s1. The second kappa shape index (κ2) is 8.95. The summed E-state index contributed by atoms with van der Waals surface area (Å²) in [5.74, 6) is 0.00791. The number of benzene rings is 2. The van der Waals surface area contributed by atoms with Crippen molar-refractivity contribution >= 4 is 34.8 Å². The van der Waals surface area contributed by atoms with Crippen LogP contribution in [0.4, 0.5) is 5.69 Å². The summed E-state index contributed by atoms with van der Waals surface area (Å²) >= 11 is 12.7. The molecule has 0 aliphatic carbocycles. The Balaban J connectivity index is 1.86. The van der Waals surface area contributed by atoms with Gasteiger partial charge in [-0.05, 0) is 63.1 Å². The number of amides is 1. The molecule has 1 atom stereocenters. The number of rotatable bonds is 4. The molecule has 156 valence electrons. The quantitative estimate of drug-likeness (QED) is 0.635. The smallest absolute Gasteiger partial charge is 0.248 e. The van der Waals surface area contributed by atoms with Crippen molar-refractivity contribution in [3.05, 3.63) is 63.6 Å². The second-order valence-electron chi connectivity index (χ2n) is 8.46. The fourth-order valence-electron chi connectivity index (χ4n) is 3.48. The van der Waals surface area contributed by atoms with Gasteiger partial charge in [0.2, 0.25) is 5.91 Å². The third-order valence-electron chi connectivity index (χ3n) is 5.03. The lowest BCUT2D eigenvalue weighted by Gasteiger charge is -2.43. The SMILES string of the molecule is Cc1ccc(N2CCN(C(=O)COC(C)(C)C)C[C@H]2c2ccc(Cl)cc2)c(Cl)c1. The number of nitrogens with zero attached hydrogens (tertiary/aromatic N) is 2. The van der Waals surface area contributed by atoms with Crippen molar-refractivity contribution in [2.24, 2.45) is 0 Å². The summed E-state index contributed by atoms with van der Waals surface area (Å²) in [5.41, 5.74) is 2.85. The van der Waals surface area contributed by atoms with Gasteiger partial charge >= 0.3 is 0 Å². The van der Waals surface area contributed by atoms with Crippen LogP contribution in [0.3, 0.4) is 0 Å². The molecule has 1 fully saturated rings. The highest BCUT2D eigenvalue weighted by molar-refractivity contribution is 6.33. The molecule has 0 N–H and O–H groups in total. The molecule has 6 heteroatoms. The van der Waals surface area contributed by atoms with Gasteiger partial charge in [-0.3, -0.25) is 4.79 Å². The fourth-order valence-corrected chi connectivity index (χ4v) is 3.95. The van der Waals surface area contributed by atoms with E-state index >= 15 is 0 Å². The zero-order valence-electron chi connectivity index (χ0n) is 17.4. The van der Waals surface area contributed by atoms with Crippen LogP contribution in [0.5, 0.6) is 0 Å². The van der Waals surface area contributed by atoms with Crippen molar-refractivity contribution < 1.29 is 9.53 Å². The van der Waals surface area contributed by atoms with Crippen LogP contribution < -0.4 is 4.90 Å². The number of ether oxygens (including phenoxy) is 1. The van der Waals surface area contributed by atoms with Crippen molar-refractivity contribution in [1.29, 1.82) is 0 Å². The number of anilines is 1. The van der Waals surface area contributed by atoms with E-state index in [0.717, 1.165) is 21.8 Å². The molecule has 0 radical (unpaired) electrons. The minimum absolute atomic E-state index is 0.00791. The molecule has 0 saturated carbocycles. The van der Waals surface area contributed by atoms with Gasteiger partial charge in [-0.2, -0.15) is 0 Å². The van der Waals surface area contributed by atoms with E-state index in [-0.39, 0.29) is 24.2 Å². The summed E-state index contributed by atoms with van der Waals surface area (Å²) in [6, 6.07) is 13.9. The highest BCUT2D eigenvalue weighted by Crippen LogP contribution is 2.36. The lowest BCUT2D eigenvalue weighted by molar-refractivity contribution is -0.141. The second-order valence-corrected chi connectivity index (χ2v) is 9.30. The summed E-state index contributed by atoms with van der Waals surface area (Å²) in [4.78, 5) is 16.9. The van der Waals surface area contributed by atoms with Crippen LogP contribution in [0.2, 0.25) is 10.0 Å². The van der Waals surface area contributed by atoms with Crippen molar-refractivity contribution in [3.63, 3.8) is 0 Å². The lowest BCUT2D eigenvalue weighted by Crippen LogP contribution is -2.52. The molecule has 1 aliphatic rings. The van der Waals surface area contributed by atoms with Crippen LogP contribution in [0.15, 0.2) is 42.5 Å². The molecule has 0 spiro atoms. The van der Waals surface area contributed by atoms with Gasteiger partial charge in [0.25, 0.3) is 0 Å². The van der Waals surface area contributed by atoms with Crippen LogP contribution in [0, 0.1) is 6.92 Å². The van der Waals surface area contributed by atoms with E-state index in [0.29, 0.717) is 24.7 Å². The third-order valence-corrected chi connectivity index (χ3v) is 5.58. The molecule has 0 aromatic heterocycles. The first kappa shape index (κ1) is 21.9. The number of carbonyl (C=O) groups is 1. The van der Waals surface area contributed by atoms with Gasteiger partial charge in [0.1, 0.15) is 6.61 Å². The van der Waals surface area contributed by atoms with Gasteiger partial charge in [-0.1, -0.05) is 41.4 Å². The summed E-state index contributed by atoms with van der Waals surface area (Å²) in [6.45, 7) is 9.85. The highest BCUT2D eigenvalue weighted by atomic mass is 35.5. The molecule has 0 unspecified atom stereocenters. The molecule has 1 amide bonds. The normalized spacial score (nSPS) is 17.5. The third kappa shape index (κ3) is 5.65. The average molecular weight is 435 g/mol. The first-order chi connectivity index (χ1) is 13.6. The van der Waals surface area contributed by atoms with Gasteiger partial charge in [0.05, 0.1) is 22.4 Å². The van der Waals surface area contributed by atoms with E-state index in [4.69, 9.17) is 27.9 Å². The van der Waals surface area contributed by atoms with Crippen LogP contribution in [-0.4, -0.2) is 42.6 Å². The summed E-state index contributed by atoms with van der Waals surface area (Å²) in [6.07, 6.45) is 0. The maximum atomic E-state index is 12.8. The Kier molecular flexibility index (Phi) is 6.77. The van der Waals surface area contributed by atoms with Gasteiger partial charge in [-0.25, -0.2) is 0 Å². The molecule has 1 aliphatic heterocycles. The first-order valence-corrected chi connectivity index (χ1v) is 10.6. The van der Waals surface area contributed by atoms with Gasteiger partial charge in [-0.15, -0.1) is 0 Å². The topological polar surface area (TPSA) is 32.8 Å². The lowest BCUT2D eigenvalue weighted by atomic mass is 10.0. The van der Waals surface area contributed by atoms with E-state index < -0.39 is 0 Å². The molecule has 4 nitrogen and oxygen atoms in total. The Hall–Kier alpha value is -1.75. The Morgan fingerprint density at radius 3 is 2.41 bits per heavy atom. The molecule has 0 bridgehead atoms. The van der Waals surface area contributed by atoms with Gasteiger partial charge in [0.15, 0.2) is 0 Å². The van der Waals surface area contributed by atoms with E-state index in [1.165, 1.54) is 0 Å². The summed E-state index contributed by atoms with van der Waals surface area (Å²) in [7, 11) is 0. The highest BCUT2D eigenvalue weighted by Gasteiger charge is 2.32. The van der Waals surface area contributed by atoms with Crippen LogP contribution in [-0.2, 0) is 9.53 Å². The number of hydrogen-bond donors (Lipinski definition) is 0. The van der Waals surface area contributed by atoms with Crippen LogP contribution in [0.25, 0.3) is 0 Å². The largest absolute Gasteiger partial charge is 0.366 e. The molecule has 2 aromatic rings. The summed E-state index contributed by atoms with van der Waals surface area (Å²) < 4.78 is 5.70. The molecular weight excluding hydrogens is 407 g/mol. The Bertz CT molecular complexity index is 862. The fraction of sp³-hybridized carbons (Fsp3) is 0.435. The number of piperazine rings is 1. The number of aryl methyl sites for hydroxylation is 1. The molecular formula is C23H28Cl2N2O2. The average Bonchev–Trinajstić information content (AvgIpc) is 2.66. The number of halogens is 2. The van der Waals surface area contributed by atoms with E-state index in [2.05, 4.69) is 17.0 Å². The van der Waals surface area contributed by atoms with Gasteiger partial charge in [0, 0.05) is 24.7 Å². The zero-order chi connectivity index (χ0) is 21.2. The van der Waals surface area contributed by atoms with Crippen LogP contribution in [0.1, 0.15) is 37.9 Å². The van der Waals surface area contributed by atoms with Crippen LogP contribution >= 0.6 is 23.2 Å². The predicted molar refractivity (Wildman–Crippen MR) is 120 cm³/mol. The van der Waals surface area contributed by atoms with Crippen molar-refractivity contribution in [2.75, 3.05) is 31.1 Å². The Morgan fingerprint density at radius 1 is 1.10 bits per heavy atom. The monoisotopic (exact) mass is 434 g/mol. The van der Waals surface area contributed by atoms with Crippen molar-refractivity contribution in [3.8, 4) is 0 Å². The maximum Gasteiger partial charge on any atom is 0.248 e. The minimum Gasteiger partial charge on any atom is -0.366 e. The molecule has 2 aromatic carbocycles. The number of hydrogen-bond acceptors (Lipinski definition) is 3. The summed E-state index contributed by atoms with van der Waals surface area (Å²) in [5, 5.41) is 1.41. The Labute approximate surface area is 183 Å². The van der Waals surface area contributed by atoms with E-state index in [1.54, 1.807) is 0 Å². The molecule has 29 heavy (non-hydrogen) atoms. The van der Waals surface area contributed by atoms with Gasteiger partial charge < -0.3 is 14.5 Å². The molecule has 3 rings (SSSR count). The van der Waals surface area contributed by atoms with Crippen molar-refractivity contribution in [2.45, 2.75) is 39.3 Å². The van der Waals surface area contributed by atoms with Crippen molar-refractivity contribution in [1.82, 2.24) is 4.90 Å². The number of carbonyl (C=O) groups excluding carboxylic acids is 1. The zero-order valence-corrected chi connectivity index (χ0v) is 18.9.